The molecule has 0 aromatic rings. The maximum absolute atomic E-state index is 5.90. The number of hydrogen-bond donors (Lipinski definition) is 0. The molecular formula is C16H38O4Si2. The zero-order chi connectivity index (χ0) is 16.5. The Bertz CT molecular complexity index is 182. The number of rotatable bonds is 17. The van der Waals surface area contributed by atoms with E-state index >= 15 is 0 Å². The summed E-state index contributed by atoms with van der Waals surface area (Å²) in [7, 11) is -2.89. The van der Waals surface area contributed by atoms with Crippen LogP contribution in [-0.4, -0.2) is 45.0 Å². The number of hydrogen-bond acceptors (Lipinski definition) is 4. The van der Waals surface area contributed by atoms with Gasteiger partial charge < -0.3 is 17.7 Å². The molecule has 0 aromatic carbocycles. The highest BCUT2D eigenvalue weighted by Gasteiger charge is 2.15. The second-order valence-electron chi connectivity index (χ2n) is 5.63. The zero-order valence-electron chi connectivity index (χ0n) is 15.3. The third-order valence-corrected chi connectivity index (χ3v) is 7.35. The fraction of sp³-hybridized carbons (Fsp3) is 1.00. The molecule has 0 spiro atoms. The van der Waals surface area contributed by atoms with Crippen molar-refractivity contribution < 1.29 is 17.7 Å². The van der Waals surface area contributed by atoms with Crippen LogP contribution in [0.25, 0.3) is 0 Å². The van der Waals surface area contributed by atoms with Gasteiger partial charge in [-0.25, -0.2) is 0 Å². The molecule has 22 heavy (non-hydrogen) atoms. The minimum absolute atomic E-state index is 0.844. The lowest BCUT2D eigenvalue weighted by Gasteiger charge is -2.18. The summed E-state index contributed by atoms with van der Waals surface area (Å²) < 4.78 is 23.6. The Balaban J connectivity index is 3.88. The normalized spacial score (nSPS) is 11.7. The average Bonchev–Trinajstić information content (AvgIpc) is 2.54. The van der Waals surface area contributed by atoms with Crippen molar-refractivity contribution in [2.24, 2.45) is 0 Å². The van der Waals surface area contributed by atoms with Gasteiger partial charge in [0.2, 0.25) is 0 Å². The summed E-state index contributed by atoms with van der Waals surface area (Å²) in [6.07, 6.45) is 6.65. The fourth-order valence-electron chi connectivity index (χ4n) is 2.05. The van der Waals surface area contributed by atoms with Crippen molar-refractivity contribution >= 4 is 18.6 Å². The van der Waals surface area contributed by atoms with Crippen LogP contribution in [0.2, 0.25) is 12.1 Å². The molecule has 0 fully saturated rings. The average molecular weight is 351 g/mol. The first-order valence-electron chi connectivity index (χ1n) is 9.24. The molecule has 0 unspecified atom stereocenters. The summed E-state index contributed by atoms with van der Waals surface area (Å²) in [5.41, 5.74) is 0. The van der Waals surface area contributed by atoms with Crippen LogP contribution in [0.15, 0.2) is 0 Å². The Morgan fingerprint density at radius 1 is 0.500 bits per heavy atom. The van der Waals surface area contributed by atoms with Gasteiger partial charge in [0, 0.05) is 26.4 Å². The molecule has 134 valence electrons. The second-order valence-corrected chi connectivity index (χ2v) is 9.83. The van der Waals surface area contributed by atoms with E-state index < -0.39 is 18.6 Å². The highest BCUT2D eigenvalue weighted by atomic mass is 28.3. The van der Waals surface area contributed by atoms with E-state index in [9.17, 15) is 0 Å². The van der Waals surface area contributed by atoms with Crippen LogP contribution in [0.4, 0.5) is 0 Å². The third-order valence-electron chi connectivity index (χ3n) is 3.16. The van der Waals surface area contributed by atoms with Crippen LogP contribution in [-0.2, 0) is 17.7 Å². The molecule has 0 bridgehead atoms. The SMILES string of the molecule is CCCO[SiH](CCCC[SiH](OCCC)OCCC)OCCC. The molecule has 0 rings (SSSR count). The molecule has 0 atom stereocenters. The van der Waals surface area contributed by atoms with Crippen LogP contribution in [0.3, 0.4) is 0 Å². The van der Waals surface area contributed by atoms with Gasteiger partial charge in [0.25, 0.3) is 0 Å². The van der Waals surface area contributed by atoms with Crippen molar-refractivity contribution in [3.05, 3.63) is 0 Å². The standard InChI is InChI=1S/C16H38O4Si2/c1-5-11-17-21(18-12-6-2)15-9-10-16-22(19-13-7-3)20-14-8-4/h21-22H,5-16H2,1-4H3. The quantitative estimate of drug-likeness (QED) is 0.294. The van der Waals surface area contributed by atoms with Gasteiger partial charge in [-0.3, -0.25) is 0 Å². The fourth-order valence-corrected chi connectivity index (χ4v) is 6.15. The molecule has 6 heteroatoms. The third kappa shape index (κ3) is 13.9. The monoisotopic (exact) mass is 350 g/mol. The molecule has 0 aromatic heterocycles. The van der Waals surface area contributed by atoms with Crippen LogP contribution in [0, 0.1) is 0 Å². The summed E-state index contributed by atoms with van der Waals surface area (Å²) in [5.74, 6) is 0. The smallest absolute Gasteiger partial charge is 0.321 e. The topological polar surface area (TPSA) is 36.9 Å². The molecule has 0 N–H and O–H groups in total. The van der Waals surface area contributed by atoms with E-state index in [0.29, 0.717) is 0 Å². The van der Waals surface area contributed by atoms with Crippen molar-refractivity contribution in [1.29, 1.82) is 0 Å². The molecular weight excluding hydrogens is 312 g/mol. The van der Waals surface area contributed by atoms with Gasteiger partial charge in [-0.05, 0) is 37.8 Å². The van der Waals surface area contributed by atoms with Gasteiger partial charge in [-0.2, -0.15) is 0 Å². The van der Waals surface area contributed by atoms with Crippen molar-refractivity contribution in [2.45, 2.75) is 78.3 Å². The van der Waals surface area contributed by atoms with Crippen LogP contribution >= 0.6 is 0 Å². The van der Waals surface area contributed by atoms with Crippen LogP contribution < -0.4 is 0 Å². The lowest BCUT2D eigenvalue weighted by Crippen LogP contribution is -2.25. The second kappa shape index (κ2) is 17.6. The lowest BCUT2D eigenvalue weighted by atomic mass is 10.4. The van der Waals surface area contributed by atoms with Gasteiger partial charge in [0.05, 0.1) is 0 Å². The van der Waals surface area contributed by atoms with Gasteiger partial charge in [0.15, 0.2) is 0 Å². The van der Waals surface area contributed by atoms with E-state index in [0.717, 1.165) is 64.2 Å². The Kier molecular flexibility index (Phi) is 17.8. The van der Waals surface area contributed by atoms with Crippen molar-refractivity contribution in [2.75, 3.05) is 26.4 Å². The first kappa shape index (κ1) is 22.3. The molecule has 0 saturated carbocycles. The lowest BCUT2D eigenvalue weighted by molar-refractivity contribution is 0.192. The molecule has 4 nitrogen and oxygen atoms in total. The van der Waals surface area contributed by atoms with Gasteiger partial charge in [-0.1, -0.05) is 40.5 Å². The molecule has 0 saturated heterocycles. The maximum atomic E-state index is 5.90. The Morgan fingerprint density at radius 3 is 1.00 bits per heavy atom. The Labute approximate surface area is 141 Å². The molecule has 0 radical (unpaired) electrons. The zero-order valence-corrected chi connectivity index (χ0v) is 17.6. The molecule has 0 aliphatic heterocycles. The molecule has 0 aliphatic rings. The highest BCUT2D eigenvalue weighted by Crippen LogP contribution is 2.11. The first-order valence-corrected chi connectivity index (χ1v) is 12.8. The summed E-state index contributed by atoms with van der Waals surface area (Å²) in [5, 5.41) is 0. The number of unbranched alkanes of at least 4 members (excludes halogenated alkanes) is 1. The van der Waals surface area contributed by atoms with E-state index in [-0.39, 0.29) is 0 Å². The Morgan fingerprint density at radius 2 is 0.773 bits per heavy atom. The minimum Gasteiger partial charge on any atom is -0.397 e. The molecule has 0 amide bonds. The Hall–Kier alpha value is 0.274. The predicted molar refractivity (Wildman–Crippen MR) is 98.1 cm³/mol. The molecule has 0 heterocycles. The summed E-state index contributed by atoms with van der Waals surface area (Å²) in [6.45, 7) is 12.0. The van der Waals surface area contributed by atoms with E-state index in [1.165, 1.54) is 12.8 Å². The van der Waals surface area contributed by atoms with E-state index in [1.54, 1.807) is 0 Å². The highest BCUT2D eigenvalue weighted by molar-refractivity contribution is 6.45. The van der Waals surface area contributed by atoms with Crippen molar-refractivity contribution in [3.8, 4) is 0 Å². The van der Waals surface area contributed by atoms with E-state index in [2.05, 4.69) is 27.7 Å². The minimum atomic E-state index is -1.44. The van der Waals surface area contributed by atoms with E-state index in [1.807, 2.05) is 0 Å². The van der Waals surface area contributed by atoms with Gasteiger partial charge in [0.1, 0.15) is 0 Å². The summed E-state index contributed by atoms with van der Waals surface area (Å²) in [4.78, 5) is 0. The van der Waals surface area contributed by atoms with E-state index in [4.69, 9.17) is 17.7 Å². The van der Waals surface area contributed by atoms with Crippen LogP contribution in [0.5, 0.6) is 0 Å². The largest absolute Gasteiger partial charge is 0.397 e. The predicted octanol–water partition coefficient (Wildman–Crippen LogP) is 3.91. The van der Waals surface area contributed by atoms with Crippen LogP contribution in [0.1, 0.15) is 66.2 Å². The molecule has 0 aliphatic carbocycles. The van der Waals surface area contributed by atoms with Crippen molar-refractivity contribution in [3.63, 3.8) is 0 Å². The van der Waals surface area contributed by atoms with Crippen molar-refractivity contribution in [1.82, 2.24) is 0 Å². The van der Waals surface area contributed by atoms with Gasteiger partial charge in [-0.15, -0.1) is 0 Å². The summed E-state index contributed by atoms with van der Waals surface area (Å²) >= 11 is 0. The summed E-state index contributed by atoms with van der Waals surface area (Å²) in [6, 6.07) is 2.23. The maximum Gasteiger partial charge on any atom is 0.321 e. The first-order chi connectivity index (χ1) is 10.8. The van der Waals surface area contributed by atoms with Gasteiger partial charge >= 0.3 is 18.6 Å².